The number of rotatable bonds is 3. The van der Waals surface area contributed by atoms with Crippen molar-refractivity contribution in [1.82, 2.24) is 5.32 Å². The molecule has 0 radical (unpaired) electrons. The van der Waals surface area contributed by atoms with Gasteiger partial charge in [-0.1, -0.05) is 25.3 Å². The third-order valence-electron chi connectivity index (χ3n) is 4.62. The molecule has 1 aromatic carbocycles. The standard InChI is InChI=1S/C17H19F3N2O2/c18-17(19,20)11-5-4-8-13(9-11)22-15(23)10-14(16(22)24)21-12-6-2-1-3-7-12/h4-5,8-9,12,14,21H,1-3,6-7,10H2/t14-/m1/s1. The monoisotopic (exact) mass is 340 g/mol. The molecule has 1 saturated carbocycles. The van der Waals surface area contributed by atoms with E-state index in [0.717, 1.165) is 42.7 Å². The maximum absolute atomic E-state index is 12.8. The molecule has 1 aliphatic carbocycles. The minimum Gasteiger partial charge on any atom is -0.303 e. The minimum absolute atomic E-state index is 0.00835. The SMILES string of the molecule is O=C1C[C@@H](NC2CCCCC2)C(=O)N1c1cccc(C(F)(F)F)c1. The van der Waals surface area contributed by atoms with Gasteiger partial charge < -0.3 is 5.32 Å². The molecule has 130 valence electrons. The Kier molecular flexibility index (Phi) is 4.62. The molecule has 2 aliphatic rings. The number of nitrogens with one attached hydrogen (secondary N) is 1. The van der Waals surface area contributed by atoms with Crippen molar-refractivity contribution < 1.29 is 22.8 Å². The van der Waals surface area contributed by atoms with Crippen molar-refractivity contribution in [2.45, 2.75) is 56.8 Å². The van der Waals surface area contributed by atoms with Gasteiger partial charge in [0.15, 0.2) is 0 Å². The van der Waals surface area contributed by atoms with Crippen LogP contribution in [0.1, 0.15) is 44.1 Å². The number of carbonyl (C=O) groups excluding carboxylic acids is 2. The van der Waals surface area contributed by atoms with Crippen LogP contribution in [-0.2, 0) is 15.8 Å². The molecule has 7 heteroatoms. The van der Waals surface area contributed by atoms with Gasteiger partial charge in [0.25, 0.3) is 5.91 Å². The molecule has 2 fully saturated rings. The molecule has 1 N–H and O–H groups in total. The Morgan fingerprint density at radius 1 is 1.08 bits per heavy atom. The summed E-state index contributed by atoms with van der Waals surface area (Å²) in [6.45, 7) is 0. The lowest BCUT2D eigenvalue weighted by Crippen LogP contribution is -2.44. The highest BCUT2D eigenvalue weighted by molar-refractivity contribution is 6.22. The lowest BCUT2D eigenvalue weighted by atomic mass is 9.95. The molecule has 0 unspecified atom stereocenters. The number of benzene rings is 1. The number of alkyl halides is 3. The number of amides is 2. The first-order chi connectivity index (χ1) is 11.4. The van der Waals surface area contributed by atoms with E-state index < -0.39 is 29.6 Å². The fourth-order valence-corrected chi connectivity index (χ4v) is 3.41. The van der Waals surface area contributed by atoms with Crippen LogP contribution in [0.3, 0.4) is 0 Å². The molecule has 1 heterocycles. The average molecular weight is 340 g/mol. The molecule has 2 amide bonds. The minimum atomic E-state index is -4.51. The van der Waals surface area contributed by atoms with E-state index in [4.69, 9.17) is 0 Å². The summed E-state index contributed by atoms with van der Waals surface area (Å²) in [6.07, 6.45) is 0.746. The van der Waals surface area contributed by atoms with Crippen LogP contribution in [-0.4, -0.2) is 23.9 Å². The third kappa shape index (κ3) is 3.45. The third-order valence-corrected chi connectivity index (χ3v) is 4.62. The van der Waals surface area contributed by atoms with Crippen molar-refractivity contribution in [3.8, 4) is 0 Å². The van der Waals surface area contributed by atoms with E-state index in [1.165, 1.54) is 18.6 Å². The first-order valence-electron chi connectivity index (χ1n) is 8.16. The summed E-state index contributed by atoms with van der Waals surface area (Å²) in [5.41, 5.74) is -0.892. The zero-order valence-electron chi connectivity index (χ0n) is 13.1. The molecule has 1 atom stereocenters. The molecule has 0 bridgehead atoms. The Labute approximate surface area is 138 Å². The Morgan fingerprint density at radius 2 is 1.79 bits per heavy atom. The van der Waals surface area contributed by atoms with Crippen molar-refractivity contribution in [2.24, 2.45) is 0 Å². The summed E-state index contributed by atoms with van der Waals surface area (Å²) in [6, 6.07) is 3.89. The van der Waals surface area contributed by atoms with Crippen molar-refractivity contribution >= 4 is 17.5 Å². The first kappa shape index (κ1) is 17.0. The maximum Gasteiger partial charge on any atom is 0.416 e. The van der Waals surface area contributed by atoms with Gasteiger partial charge in [-0.05, 0) is 31.0 Å². The van der Waals surface area contributed by atoms with E-state index >= 15 is 0 Å². The highest BCUT2D eigenvalue weighted by Crippen LogP contribution is 2.33. The number of hydrogen-bond donors (Lipinski definition) is 1. The first-order valence-corrected chi connectivity index (χ1v) is 8.16. The fraction of sp³-hybridized carbons (Fsp3) is 0.529. The quantitative estimate of drug-likeness (QED) is 0.859. The highest BCUT2D eigenvalue weighted by Gasteiger charge is 2.41. The van der Waals surface area contributed by atoms with Gasteiger partial charge in [-0.15, -0.1) is 0 Å². The molecule has 1 aliphatic heterocycles. The molecule has 3 rings (SSSR count). The van der Waals surface area contributed by atoms with Crippen molar-refractivity contribution in [3.05, 3.63) is 29.8 Å². The van der Waals surface area contributed by atoms with Gasteiger partial charge in [-0.2, -0.15) is 13.2 Å². The van der Waals surface area contributed by atoms with Gasteiger partial charge in [0.1, 0.15) is 0 Å². The van der Waals surface area contributed by atoms with Crippen LogP contribution in [0.5, 0.6) is 0 Å². The molecule has 24 heavy (non-hydrogen) atoms. The lowest BCUT2D eigenvalue weighted by molar-refractivity contribution is -0.137. The number of halogens is 3. The number of hydrogen-bond acceptors (Lipinski definition) is 3. The Balaban J connectivity index is 1.77. The van der Waals surface area contributed by atoms with E-state index in [1.54, 1.807) is 0 Å². The van der Waals surface area contributed by atoms with Crippen LogP contribution in [0, 0.1) is 0 Å². The largest absolute Gasteiger partial charge is 0.416 e. The zero-order valence-corrected chi connectivity index (χ0v) is 13.1. The van der Waals surface area contributed by atoms with Crippen molar-refractivity contribution in [1.29, 1.82) is 0 Å². The second kappa shape index (κ2) is 6.55. The van der Waals surface area contributed by atoms with Crippen LogP contribution in [0.2, 0.25) is 0 Å². The summed E-state index contributed by atoms with van der Waals surface area (Å²) >= 11 is 0. The van der Waals surface area contributed by atoms with Crippen LogP contribution < -0.4 is 10.2 Å². The molecule has 0 spiro atoms. The van der Waals surface area contributed by atoms with Crippen LogP contribution in [0.15, 0.2) is 24.3 Å². The molecule has 0 aromatic heterocycles. The summed E-state index contributed by atoms with van der Waals surface area (Å²) in [4.78, 5) is 25.6. The topological polar surface area (TPSA) is 49.4 Å². The molecule has 4 nitrogen and oxygen atoms in total. The molecule has 1 aromatic rings. The highest BCUT2D eigenvalue weighted by atomic mass is 19.4. The Bertz CT molecular complexity index is 639. The van der Waals surface area contributed by atoms with E-state index in [2.05, 4.69) is 5.32 Å². The van der Waals surface area contributed by atoms with Gasteiger partial charge >= 0.3 is 6.18 Å². The summed E-state index contributed by atoms with van der Waals surface area (Å²) in [5, 5.41) is 3.21. The maximum atomic E-state index is 12.8. The molecular weight excluding hydrogens is 321 g/mol. The summed E-state index contributed by atoms with van der Waals surface area (Å²) in [7, 11) is 0. The van der Waals surface area contributed by atoms with E-state index in [-0.39, 0.29) is 18.2 Å². The van der Waals surface area contributed by atoms with E-state index in [1.807, 2.05) is 0 Å². The molecule has 1 saturated heterocycles. The Hall–Kier alpha value is -1.89. The second-order valence-electron chi connectivity index (χ2n) is 6.37. The van der Waals surface area contributed by atoms with Gasteiger partial charge in [-0.3, -0.25) is 9.59 Å². The Morgan fingerprint density at radius 3 is 2.46 bits per heavy atom. The van der Waals surface area contributed by atoms with Crippen LogP contribution >= 0.6 is 0 Å². The average Bonchev–Trinajstić information content (AvgIpc) is 2.82. The van der Waals surface area contributed by atoms with E-state index in [9.17, 15) is 22.8 Å². The van der Waals surface area contributed by atoms with Gasteiger partial charge in [0.2, 0.25) is 5.91 Å². The predicted molar refractivity (Wildman–Crippen MR) is 82.4 cm³/mol. The smallest absolute Gasteiger partial charge is 0.303 e. The number of imide groups is 1. The number of anilines is 1. The van der Waals surface area contributed by atoms with Crippen molar-refractivity contribution in [3.63, 3.8) is 0 Å². The van der Waals surface area contributed by atoms with Gasteiger partial charge in [0.05, 0.1) is 23.7 Å². The number of carbonyl (C=O) groups is 2. The second-order valence-corrected chi connectivity index (χ2v) is 6.37. The van der Waals surface area contributed by atoms with E-state index in [0.29, 0.717) is 0 Å². The summed E-state index contributed by atoms with van der Waals surface area (Å²) in [5.74, 6) is -0.933. The predicted octanol–water partition coefficient (Wildman–Crippen LogP) is 3.26. The van der Waals surface area contributed by atoms with Gasteiger partial charge in [0, 0.05) is 6.04 Å². The van der Waals surface area contributed by atoms with Crippen LogP contribution in [0.25, 0.3) is 0 Å². The fourth-order valence-electron chi connectivity index (χ4n) is 3.41. The molecular formula is C17H19F3N2O2. The normalized spacial score (nSPS) is 23.1. The van der Waals surface area contributed by atoms with Gasteiger partial charge in [-0.25, -0.2) is 4.90 Å². The number of nitrogens with zero attached hydrogens (tertiary/aromatic N) is 1. The van der Waals surface area contributed by atoms with Crippen molar-refractivity contribution in [2.75, 3.05) is 4.90 Å². The summed E-state index contributed by atoms with van der Waals surface area (Å²) < 4.78 is 38.5. The zero-order chi connectivity index (χ0) is 17.3. The van der Waals surface area contributed by atoms with Crippen LogP contribution in [0.4, 0.5) is 18.9 Å². The lowest BCUT2D eigenvalue weighted by Gasteiger charge is -2.25.